The van der Waals surface area contributed by atoms with Gasteiger partial charge in [-0.15, -0.1) is 0 Å². The summed E-state index contributed by atoms with van der Waals surface area (Å²) in [6, 6.07) is 16.3. The van der Waals surface area contributed by atoms with Crippen molar-refractivity contribution in [1.29, 1.82) is 5.26 Å². The van der Waals surface area contributed by atoms with Crippen LogP contribution in [0.5, 0.6) is 0 Å². The number of rotatable bonds is 2. The molecule has 0 amide bonds. The van der Waals surface area contributed by atoms with Crippen LogP contribution in [0.1, 0.15) is 30.5 Å². The number of nitrogens with zero attached hydrogens (tertiary/aromatic N) is 2. The van der Waals surface area contributed by atoms with Crippen molar-refractivity contribution in [3.8, 4) is 6.07 Å². The molecule has 0 radical (unpaired) electrons. The SMILES string of the molecule is CC1(C)C(/C=C/c2c[nH]c3cccc(C#N)c23)=Nc2ccccc21. The third-order valence-electron chi connectivity index (χ3n) is 4.74. The second kappa shape index (κ2) is 5.21. The lowest BCUT2D eigenvalue weighted by Gasteiger charge is -2.20. The summed E-state index contributed by atoms with van der Waals surface area (Å²) in [5.41, 5.74) is 5.88. The third-order valence-corrected chi connectivity index (χ3v) is 4.74. The number of hydrogen-bond donors (Lipinski definition) is 1. The van der Waals surface area contributed by atoms with Gasteiger partial charge in [-0.1, -0.05) is 44.2 Å². The van der Waals surface area contributed by atoms with Crippen LogP contribution in [0.3, 0.4) is 0 Å². The Morgan fingerprint density at radius 2 is 1.92 bits per heavy atom. The fourth-order valence-electron chi connectivity index (χ4n) is 3.36. The molecule has 0 atom stereocenters. The molecule has 0 spiro atoms. The summed E-state index contributed by atoms with van der Waals surface area (Å²) in [6.07, 6.45) is 6.06. The van der Waals surface area contributed by atoms with Gasteiger partial charge < -0.3 is 4.98 Å². The van der Waals surface area contributed by atoms with Gasteiger partial charge in [0, 0.05) is 28.1 Å². The van der Waals surface area contributed by atoms with E-state index in [2.05, 4.69) is 49.2 Å². The van der Waals surface area contributed by atoms with Crippen molar-refractivity contribution < 1.29 is 0 Å². The molecule has 4 rings (SSSR count). The predicted molar refractivity (Wildman–Crippen MR) is 98.6 cm³/mol. The highest BCUT2D eigenvalue weighted by molar-refractivity contribution is 6.11. The second-order valence-electron chi connectivity index (χ2n) is 6.56. The third kappa shape index (κ3) is 2.08. The lowest BCUT2D eigenvalue weighted by Crippen LogP contribution is -2.23. The van der Waals surface area contributed by atoms with Crippen LogP contribution in [0.15, 0.2) is 59.7 Å². The summed E-state index contributed by atoms with van der Waals surface area (Å²) < 4.78 is 0. The Labute approximate surface area is 141 Å². The molecule has 0 bridgehead atoms. The van der Waals surface area contributed by atoms with Gasteiger partial charge in [-0.05, 0) is 29.8 Å². The number of para-hydroxylation sites is 1. The molecule has 116 valence electrons. The van der Waals surface area contributed by atoms with Gasteiger partial charge in [-0.2, -0.15) is 5.26 Å². The molecule has 2 aromatic carbocycles. The lowest BCUT2D eigenvalue weighted by atomic mass is 9.81. The fraction of sp³-hybridized carbons (Fsp3) is 0.143. The number of fused-ring (bicyclic) bond motifs is 2. The van der Waals surface area contributed by atoms with Gasteiger partial charge in [-0.25, -0.2) is 0 Å². The van der Waals surface area contributed by atoms with E-state index < -0.39 is 0 Å². The maximum Gasteiger partial charge on any atom is 0.0998 e. The van der Waals surface area contributed by atoms with Gasteiger partial charge in [0.1, 0.15) is 0 Å². The van der Waals surface area contributed by atoms with Crippen LogP contribution in [-0.4, -0.2) is 10.7 Å². The Hall–Kier alpha value is -3.12. The summed E-state index contributed by atoms with van der Waals surface area (Å²) in [6.45, 7) is 4.38. The molecule has 0 aliphatic carbocycles. The molecule has 0 saturated carbocycles. The van der Waals surface area contributed by atoms with Crippen molar-refractivity contribution >= 4 is 28.4 Å². The Kier molecular flexibility index (Phi) is 3.14. The van der Waals surface area contributed by atoms with E-state index in [1.54, 1.807) is 0 Å². The van der Waals surface area contributed by atoms with Gasteiger partial charge in [0.2, 0.25) is 0 Å². The molecule has 1 N–H and O–H groups in total. The molecule has 0 unspecified atom stereocenters. The number of hydrogen-bond acceptors (Lipinski definition) is 2. The first kappa shape index (κ1) is 14.5. The highest BCUT2D eigenvalue weighted by atomic mass is 14.8. The number of nitrogens with one attached hydrogen (secondary N) is 1. The van der Waals surface area contributed by atoms with Crippen molar-refractivity contribution in [1.82, 2.24) is 4.98 Å². The second-order valence-corrected chi connectivity index (χ2v) is 6.56. The fourth-order valence-corrected chi connectivity index (χ4v) is 3.36. The Balaban J connectivity index is 1.77. The van der Waals surface area contributed by atoms with Gasteiger partial charge >= 0.3 is 0 Å². The van der Waals surface area contributed by atoms with Crippen LogP contribution in [0.4, 0.5) is 5.69 Å². The van der Waals surface area contributed by atoms with Gasteiger partial charge in [0.25, 0.3) is 0 Å². The first-order chi connectivity index (χ1) is 11.6. The van der Waals surface area contributed by atoms with Crippen molar-refractivity contribution in [3.63, 3.8) is 0 Å². The molecule has 1 aromatic heterocycles. The van der Waals surface area contributed by atoms with E-state index in [9.17, 15) is 5.26 Å². The molecule has 2 heterocycles. The number of benzene rings is 2. The van der Waals surface area contributed by atoms with Crippen LogP contribution < -0.4 is 0 Å². The minimum absolute atomic E-state index is 0.114. The molecule has 1 aliphatic rings. The van der Waals surface area contributed by atoms with Crippen molar-refractivity contribution in [2.45, 2.75) is 19.3 Å². The van der Waals surface area contributed by atoms with Crippen LogP contribution in [0.25, 0.3) is 17.0 Å². The topological polar surface area (TPSA) is 51.9 Å². The normalized spacial score (nSPS) is 15.5. The zero-order chi connectivity index (χ0) is 16.7. The van der Waals surface area contributed by atoms with Gasteiger partial charge in [0.05, 0.1) is 23.0 Å². The molecule has 0 saturated heterocycles. The zero-order valence-corrected chi connectivity index (χ0v) is 13.7. The Morgan fingerprint density at radius 3 is 2.71 bits per heavy atom. The number of nitriles is 1. The van der Waals surface area contributed by atoms with E-state index in [1.165, 1.54) is 5.56 Å². The minimum Gasteiger partial charge on any atom is -0.361 e. The van der Waals surface area contributed by atoms with Crippen molar-refractivity contribution in [3.05, 3.63) is 71.4 Å². The van der Waals surface area contributed by atoms with E-state index in [0.717, 1.165) is 27.9 Å². The predicted octanol–water partition coefficient (Wildman–Crippen LogP) is 5.12. The minimum atomic E-state index is -0.114. The van der Waals surface area contributed by atoms with Crippen molar-refractivity contribution in [2.24, 2.45) is 4.99 Å². The van der Waals surface area contributed by atoms with E-state index in [1.807, 2.05) is 36.5 Å². The molecule has 1 aliphatic heterocycles. The van der Waals surface area contributed by atoms with Crippen LogP contribution in [0, 0.1) is 11.3 Å². The molecule has 24 heavy (non-hydrogen) atoms. The number of aliphatic imine (C=N–C) groups is 1. The van der Waals surface area contributed by atoms with E-state index in [-0.39, 0.29) is 5.41 Å². The molecule has 3 aromatic rings. The van der Waals surface area contributed by atoms with E-state index in [0.29, 0.717) is 5.56 Å². The smallest absolute Gasteiger partial charge is 0.0998 e. The number of aromatic nitrogens is 1. The molecule has 3 heteroatoms. The monoisotopic (exact) mass is 311 g/mol. The maximum atomic E-state index is 9.35. The number of aromatic amines is 1. The average molecular weight is 311 g/mol. The zero-order valence-electron chi connectivity index (χ0n) is 13.7. The highest BCUT2D eigenvalue weighted by Gasteiger charge is 2.32. The van der Waals surface area contributed by atoms with Crippen LogP contribution in [0.2, 0.25) is 0 Å². The van der Waals surface area contributed by atoms with E-state index in [4.69, 9.17) is 4.99 Å². The van der Waals surface area contributed by atoms with Crippen LogP contribution >= 0.6 is 0 Å². The summed E-state index contributed by atoms with van der Waals surface area (Å²) in [5.74, 6) is 0. The number of allylic oxidation sites excluding steroid dienone is 1. The standard InChI is InChI=1S/C21H17N3/c1-21(2)16-7-3-4-8-17(16)24-19(21)11-10-15-13-23-18-9-5-6-14(12-22)20(15)18/h3-11,13,23H,1-2H3/b11-10+. The van der Waals surface area contributed by atoms with Gasteiger partial charge in [0.15, 0.2) is 0 Å². The number of H-pyrrole nitrogens is 1. The van der Waals surface area contributed by atoms with E-state index >= 15 is 0 Å². The first-order valence-electron chi connectivity index (χ1n) is 7.98. The highest BCUT2D eigenvalue weighted by Crippen LogP contribution is 2.40. The lowest BCUT2D eigenvalue weighted by molar-refractivity contribution is 0.740. The Morgan fingerprint density at radius 1 is 1.08 bits per heavy atom. The summed E-state index contributed by atoms with van der Waals surface area (Å²) in [7, 11) is 0. The summed E-state index contributed by atoms with van der Waals surface area (Å²) in [4.78, 5) is 8.02. The van der Waals surface area contributed by atoms with Crippen LogP contribution in [-0.2, 0) is 5.41 Å². The van der Waals surface area contributed by atoms with Gasteiger partial charge in [-0.3, -0.25) is 4.99 Å². The molecular formula is C21H17N3. The molecule has 3 nitrogen and oxygen atoms in total. The molecule has 0 fully saturated rings. The first-order valence-corrected chi connectivity index (χ1v) is 7.98. The maximum absolute atomic E-state index is 9.35. The summed E-state index contributed by atoms with van der Waals surface area (Å²) >= 11 is 0. The summed E-state index contributed by atoms with van der Waals surface area (Å²) in [5, 5.41) is 10.3. The molecular weight excluding hydrogens is 294 g/mol. The average Bonchev–Trinajstić information content (AvgIpc) is 3.12. The van der Waals surface area contributed by atoms with Crippen molar-refractivity contribution in [2.75, 3.05) is 0 Å². The Bertz CT molecular complexity index is 1040. The quantitative estimate of drug-likeness (QED) is 0.702. The largest absolute Gasteiger partial charge is 0.361 e.